The second-order valence-electron chi connectivity index (χ2n) is 6.39. The van der Waals surface area contributed by atoms with Crippen molar-refractivity contribution in [3.63, 3.8) is 0 Å². The highest BCUT2D eigenvalue weighted by atomic mass is 19.1. The Hall–Kier alpha value is -2.69. The first kappa shape index (κ1) is 18.1. The van der Waals surface area contributed by atoms with Crippen molar-refractivity contribution in [1.82, 2.24) is 4.90 Å². The van der Waals surface area contributed by atoms with E-state index < -0.39 is 0 Å². The van der Waals surface area contributed by atoms with Gasteiger partial charge in [-0.2, -0.15) is 0 Å². The molecule has 0 aromatic heterocycles. The number of hydrogen-bond acceptors (Lipinski definition) is 3. The molecule has 2 aromatic carbocycles. The van der Waals surface area contributed by atoms with Gasteiger partial charge in [0.05, 0.1) is 6.04 Å². The van der Waals surface area contributed by atoms with E-state index in [9.17, 15) is 14.0 Å². The minimum Gasteiger partial charge on any atom is -0.484 e. The third kappa shape index (κ3) is 4.10. The minimum absolute atomic E-state index is 0.0312. The molecule has 3 rings (SSSR count). The molecule has 1 fully saturated rings. The van der Waals surface area contributed by atoms with E-state index in [0.29, 0.717) is 24.3 Å². The van der Waals surface area contributed by atoms with Gasteiger partial charge in [-0.3, -0.25) is 9.59 Å². The van der Waals surface area contributed by atoms with Crippen LogP contribution in [0.15, 0.2) is 48.5 Å². The van der Waals surface area contributed by atoms with Crippen LogP contribution < -0.4 is 4.74 Å². The van der Waals surface area contributed by atoms with E-state index in [1.54, 1.807) is 41.3 Å². The molecule has 0 saturated carbocycles. The Bertz CT molecular complexity index is 771. The van der Waals surface area contributed by atoms with Crippen molar-refractivity contribution in [2.45, 2.75) is 32.2 Å². The van der Waals surface area contributed by atoms with Gasteiger partial charge in [0.2, 0.25) is 0 Å². The lowest BCUT2D eigenvalue weighted by molar-refractivity contribution is -0.134. The first-order valence-electron chi connectivity index (χ1n) is 8.89. The minimum atomic E-state index is -0.280. The number of amides is 1. The lowest BCUT2D eigenvalue weighted by Gasteiger charge is -2.25. The zero-order valence-corrected chi connectivity index (χ0v) is 14.8. The molecule has 5 heteroatoms. The number of carbonyl (C=O) groups excluding carboxylic acids is 2. The number of rotatable bonds is 6. The van der Waals surface area contributed by atoms with Crippen LogP contribution in [0, 0.1) is 5.82 Å². The van der Waals surface area contributed by atoms with E-state index in [1.807, 2.05) is 6.92 Å². The van der Waals surface area contributed by atoms with Gasteiger partial charge in [0.15, 0.2) is 12.4 Å². The van der Waals surface area contributed by atoms with Gasteiger partial charge in [-0.15, -0.1) is 0 Å². The Balaban J connectivity index is 1.60. The Kier molecular flexibility index (Phi) is 5.66. The summed E-state index contributed by atoms with van der Waals surface area (Å²) >= 11 is 0. The predicted molar refractivity (Wildman–Crippen MR) is 96.6 cm³/mol. The molecule has 0 radical (unpaired) electrons. The van der Waals surface area contributed by atoms with Crippen LogP contribution in [0.4, 0.5) is 4.39 Å². The molecular formula is C21H22FNO3. The molecule has 1 amide bonds. The Morgan fingerprint density at radius 2 is 1.81 bits per heavy atom. The van der Waals surface area contributed by atoms with Crippen LogP contribution in [0.2, 0.25) is 0 Å². The first-order chi connectivity index (χ1) is 12.6. The smallest absolute Gasteiger partial charge is 0.261 e. The Morgan fingerprint density at radius 1 is 1.12 bits per heavy atom. The summed E-state index contributed by atoms with van der Waals surface area (Å²) in [4.78, 5) is 26.0. The number of carbonyl (C=O) groups is 2. The molecular weight excluding hydrogens is 333 g/mol. The topological polar surface area (TPSA) is 46.6 Å². The fraction of sp³-hybridized carbons (Fsp3) is 0.333. The molecule has 26 heavy (non-hydrogen) atoms. The van der Waals surface area contributed by atoms with Crippen LogP contribution in [0.5, 0.6) is 5.75 Å². The number of ether oxygens (including phenoxy) is 1. The van der Waals surface area contributed by atoms with Gasteiger partial charge in [-0.25, -0.2) is 4.39 Å². The molecule has 136 valence electrons. The van der Waals surface area contributed by atoms with E-state index >= 15 is 0 Å². The number of ketones is 1. The second-order valence-corrected chi connectivity index (χ2v) is 6.39. The summed E-state index contributed by atoms with van der Waals surface area (Å²) in [6.07, 6.45) is 2.24. The molecule has 0 spiro atoms. The molecule has 1 aliphatic rings. The average molecular weight is 355 g/mol. The number of likely N-dealkylation sites (tertiary alicyclic amines) is 1. The van der Waals surface area contributed by atoms with Crippen LogP contribution in [0.1, 0.15) is 48.1 Å². The summed E-state index contributed by atoms with van der Waals surface area (Å²) in [5.74, 6) is 0.263. The molecule has 0 N–H and O–H groups in total. The zero-order valence-electron chi connectivity index (χ0n) is 14.8. The lowest BCUT2D eigenvalue weighted by atomic mass is 10.0. The third-order valence-electron chi connectivity index (χ3n) is 4.69. The third-order valence-corrected chi connectivity index (χ3v) is 4.69. The van der Waals surface area contributed by atoms with Crippen molar-refractivity contribution >= 4 is 11.7 Å². The maximum atomic E-state index is 13.1. The van der Waals surface area contributed by atoms with Crippen LogP contribution in [0.25, 0.3) is 0 Å². The maximum absolute atomic E-state index is 13.1. The Morgan fingerprint density at radius 3 is 2.46 bits per heavy atom. The highest BCUT2D eigenvalue weighted by molar-refractivity contribution is 5.95. The number of halogens is 1. The highest BCUT2D eigenvalue weighted by Gasteiger charge is 2.30. The standard InChI is InChI=1S/C21H22FNO3/c1-2-20(24)16-7-11-18(12-8-16)26-14-21(25)23-13-3-4-19(23)15-5-9-17(22)10-6-15/h5-12,19H,2-4,13-14H2,1H3. The summed E-state index contributed by atoms with van der Waals surface area (Å²) in [6, 6.07) is 13.1. The molecule has 2 aromatic rings. The monoisotopic (exact) mass is 355 g/mol. The van der Waals surface area contributed by atoms with E-state index in [4.69, 9.17) is 4.74 Å². The van der Waals surface area contributed by atoms with E-state index in [1.165, 1.54) is 12.1 Å². The summed E-state index contributed by atoms with van der Waals surface area (Å²) in [5, 5.41) is 0. The van der Waals surface area contributed by atoms with Crippen LogP contribution >= 0.6 is 0 Å². The summed E-state index contributed by atoms with van der Waals surface area (Å²) in [6.45, 7) is 2.44. The van der Waals surface area contributed by atoms with Gasteiger partial charge in [-0.1, -0.05) is 19.1 Å². The zero-order chi connectivity index (χ0) is 18.5. The van der Waals surface area contributed by atoms with Gasteiger partial charge in [0.25, 0.3) is 5.91 Å². The van der Waals surface area contributed by atoms with Gasteiger partial charge in [0.1, 0.15) is 11.6 Å². The normalized spacial score (nSPS) is 16.5. The van der Waals surface area contributed by atoms with Crippen molar-refractivity contribution in [3.05, 3.63) is 65.5 Å². The number of nitrogens with zero attached hydrogens (tertiary/aromatic N) is 1. The fourth-order valence-electron chi connectivity index (χ4n) is 3.27. The predicted octanol–water partition coefficient (Wildman–Crippen LogP) is 4.16. The van der Waals surface area contributed by atoms with Crippen molar-refractivity contribution in [2.75, 3.05) is 13.2 Å². The molecule has 1 unspecified atom stereocenters. The molecule has 4 nitrogen and oxygen atoms in total. The number of hydrogen-bond donors (Lipinski definition) is 0. The molecule has 1 heterocycles. The summed E-state index contributed by atoms with van der Waals surface area (Å²) in [7, 11) is 0. The largest absolute Gasteiger partial charge is 0.484 e. The second kappa shape index (κ2) is 8.13. The maximum Gasteiger partial charge on any atom is 0.261 e. The number of Topliss-reactive ketones (excluding diaryl/α,β-unsaturated/α-hetero) is 1. The van der Waals surface area contributed by atoms with Gasteiger partial charge >= 0.3 is 0 Å². The average Bonchev–Trinajstić information content (AvgIpc) is 3.16. The quantitative estimate of drug-likeness (QED) is 0.731. The van der Waals surface area contributed by atoms with E-state index in [0.717, 1.165) is 18.4 Å². The van der Waals surface area contributed by atoms with Crippen molar-refractivity contribution in [2.24, 2.45) is 0 Å². The molecule has 1 atom stereocenters. The van der Waals surface area contributed by atoms with Crippen molar-refractivity contribution < 1.29 is 18.7 Å². The number of benzene rings is 2. The van der Waals surface area contributed by atoms with Crippen molar-refractivity contribution in [1.29, 1.82) is 0 Å². The van der Waals surface area contributed by atoms with E-state index in [-0.39, 0.29) is 30.2 Å². The van der Waals surface area contributed by atoms with Crippen LogP contribution in [-0.4, -0.2) is 29.7 Å². The van der Waals surface area contributed by atoms with E-state index in [2.05, 4.69) is 0 Å². The van der Waals surface area contributed by atoms with Crippen LogP contribution in [-0.2, 0) is 4.79 Å². The fourth-order valence-corrected chi connectivity index (χ4v) is 3.27. The summed E-state index contributed by atoms with van der Waals surface area (Å²) < 4.78 is 18.7. The molecule has 0 aliphatic carbocycles. The highest BCUT2D eigenvalue weighted by Crippen LogP contribution is 2.32. The SMILES string of the molecule is CCC(=O)c1ccc(OCC(=O)N2CCCC2c2ccc(F)cc2)cc1. The molecule has 0 bridgehead atoms. The lowest BCUT2D eigenvalue weighted by Crippen LogP contribution is -2.34. The Labute approximate surface area is 152 Å². The van der Waals surface area contributed by atoms with Gasteiger partial charge < -0.3 is 9.64 Å². The van der Waals surface area contributed by atoms with Crippen molar-refractivity contribution in [3.8, 4) is 5.75 Å². The molecule has 1 aliphatic heterocycles. The van der Waals surface area contributed by atoms with Crippen LogP contribution in [0.3, 0.4) is 0 Å². The van der Waals surface area contributed by atoms with Gasteiger partial charge in [0, 0.05) is 18.5 Å². The first-order valence-corrected chi connectivity index (χ1v) is 8.89. The summed E-state index contributed by atoms with van der Waals surface area (Å²) in [5.41, 5.74) is 1.58. The van der Waals surface area contributed by atoms with Gasteiger partial charge in [-0.05, 0) is 54.8 Å². The molecule has 1 saturated heterocycles.